The standard InChI is InChI=1S/C17H17BrFNO4/c1-22-8-9-23-14-5-3-13(4-6-14)20-17(21)11-24-16-7-2-12(18)10-15(16)19/h2-7,10H,8-9,11H2,1H3,(H,20,21). The fourth-order valence-electron chi connectivity index (χ4n) is 1.81. The first-order valence-corrected chi connectivity index (χ1v) is 7.97. The maximum absolute atomic E-state index is 13.6. The molecule has 5 nitrogen and oxygen atoms in total. The van der Waals surface area contributed by atoms with Crippen LogP contribution in [-0.4, -0.2) is 32.8 Å². The van der Waals surface area contributed by atoms with Crippen molar-refractivity contribution in [3.63, 3.8) is 0 Å². The second-order valence-corrected chi connectivity index (χ2v) is 5.69. The van der Waals surface area contributed by atoms with E-state index >= 15 is 0 Å². The van der Waals surface area contributed by atoms with Gasteiger partial charge in [-0.2, -0.15) is 0 Å². The van der Waals surface area contributed by atoms with E-state index in [-0.39, 0.29) is 18.3 Å². The molecule has 0 aromatic heterocycles. The van der Waals surface area contributed by atoms with E-state index in [0.29, 0.717) is 29.1 Å². The van der Waals surface area contributed by atoms with Gasteiger partial charge in [0, 0.05) is 17.3 Å². The predicted molar refractivity (Wildman–Crippen MR) is 92.0 cm³/mol. The van der Waals surface area contributed by atoms with E-state index in [1.807, 2.05) is 0 Å². The molecule has 0 bridgehead atoms. The lowest BCUT2D eigenvalue weighted by molar-refractivity contribution is -0.118. The summed E-state index contributed by atoms with van der Waals surface area (Å²) < 4.78 is 29.7. The van der Waals surface area contributed by atoms with Crippen LogP contribution in [-0.2, 0) is 9.53 Å². The summed E-state index contributed by atoms with van der Waals surface area (Å²) in [6, 6.07) is 11.3. The van der Waals surface area contributed by atoms with Gasteiger partial charge in [0.1, 0.15) is 12.4 Å². The number of hydrogen-bond donors (Lipinski definition) is 1. The average Bonchev–Trinajstić information content (AvgIpc) is 2.56. The van der Waals surface area contributed by atoms with Crippen molar-refractivity contribution >= 4 is 27.5 Å². The summed E-state index contributed by atoms with van der Waals surface area (Å²) in [5.74, 6) is -0.214. The molecule has 2 rings (SSSR count). The number of carbonyl (C=O) groups is 1. The highest BCUT2D eigenvalue weighted by Gasteiger charge is 2.08. The zero-order chi connectivity index (χ0) is 17.4. The summed E-state index contributed by atoms with van der Waals surface area (Å²) in [5.41, 5.74) is 0.596. The molecule has 0 aliphatic heterocycles. The number of halogens is 2. The van der Waals surface area contributed by atoms with Crippen LogP contribution in [0.5, 0.6) is 11.5 Å². The SMILES string of the molecule is COCCOc1ccc(NC(=O)COc2ccc(Br)cc2F)cc1. The predicted octanol–water partition coefficient (Wildman–Crippen LogP) is 3.63. The first kappa shape index (κ1) is 18.2. The van der Waals surface area contributed by atoms with Gasteiger partial charge >= 0.3 is 0 Å². The Kier molecular flexibility index (Phi) is 7.02. The summed E-state index contributed by atoms with van der Waals surface area (Å²) >= 11 is 3.15. The van der Waals surface area contributed by atoms with Crippen LogP contribution >= 0.6 is 15.9 Å². The molecule has 2 aromatic rings. The van der Waals surface area contributed by atoms with E-state index in [2.05, 4.69) is 21.2 Å². The summed E-state index contributed by atoms with van der Waals surface area (Å²) in [4.78, 5) is 11.8. The van der Waals surface area contributed by atoms with Gasteiger partial charge in [0.15, 0.2) is 18.2 Å². The van der Waals surface area contributed by atoms with Crippen molar-refractivity contribution in [1.29, 1.82) is 0 Å². The Morgan fingerprint density at radius 3 is 2.54 bits per heavy atom. The lowest BCUT2D eigenvalue weighted by Gasteiger charge is -2.09. The highest BCUT2D eigenvalue weighted by Crippen LogP contribution is 2.21. The van der Waals surface area contributed by atoms with Crippen LogP contribution in [0.4, 0.5) is 10.1 Å². The van der Waals surface area contributed by atoms with Crippen molar-refractivity contribution in [1.82, 2.24) is 0 Å². The number of ether oxygens (including phenoxy) is 3. The van der Waals surface area contributed by atoms with Gasteiger partial charge in [0.05, 0.1) is 6.61 Å². The number of nitrogens with one attached hydrogen (secondary N) is 1. The van der Waals surface area contributed by atoms with Crippen LogP contribution in [0, 0.1) is 5.82 Å². The maximum Gasteiger partial charge on any atom is 0.262 e. The monoisotopic (exact) mass is 397 g/mol. The molecule has 0 fully saturated rings. The molecule has 0 saturated carbocycles. The van der Waals surface area contributed by atoms with Gasteiger partial charge in [0.25, 0.3) is 5.91 Å². The van der Waals surface area contributed by atoms with Gasteiger partial charge in [-0.25, -0.2) is 4.39 Å². The third-order valence-corrected chi connectivity index (χ3v) is 3.44. The lowest BCUT2D eigenvalue weighted by atomic mass is 10.3. The van der Waals surface area contributed by atoms with Crippen molar-refractivity contribution in [2.24, 2.45) is 0 Å². The quantitative estimate of drug-likeness (QED) is 0.690. The highest BCUT2D eigenvalue weighted by atomic mass is 79.9. The Morgan fingerprint density at radius 1 is 1.12 bits per heavy atom. The molecule has 0 unspecified atom stereocenters. The molecule has 2 aromatic carbocycles. The van der Waals surface area contributed by atoms with Gasteiger partial charge in [-0.3, -0.25) is 4.79 Å². The molecule has 24 heavy (non-hydrogen) atoms. The molecule has 7 heteroatoms. The lowest BCUT2D eigenvalue weighted by Crippen LogP contribution is -2.20. The number of amides is 1. The largest absolute Gasteiger partial charge is 0.491 e. The van der Waals surface area contributed by atoms with Gasteiger partial charge in [-0.15, -0.1) is 0 Å². The summed E-state index contributed by atoms with van der Waals surface area (Å²) in [6.07, 6.45) is 0. The van der Waals surface area contributed by atoms with Crippen molar-refractivity contribution in [2.75, 3.05) is 32.2 Å². The Hall–Kier alpha value is -2.12. The van der Waals surface area contributed by atoms with Crippen LogP contribution in [0.15, 0.2) is 46.9 Å². The molecule has 0 heterocycles. The molecule has 0 aliphatic rings. The third kappa shape index (κ3) is 5.82. The molecule has 0 atom stereocenters. The molecular formula is C17H17BrFNO4. The normalized spacial score (nSPS) is 10.3. The molecule has 1 amide bonds. The Balaban J connectivity index is 1.81. The van der Waals surface area contributed by atoms with E-state index in [0.717, 1.165) is 0 Å². The van der Waals surface area contributed by atoms with Crippen LogP contribution in [0.25, 0.3) is 0 Å². The maximum atomic E-state index is 13.6. The van der Waals surface area contributed by atoms with Crippen molar-refractivity contribution in [3.05, 3.63) is 52.8 Å². The number of hydrogen-bond acceptors (Lipinski definition) is 4. The molecule has 0 radical (unpaired) electrons. The van der Waals surface area contributed by atoms with Crippen LogP contribution < -0.4 is 14.8 Å². The molecule has 0 saturated heterocycles. The van der Waals surface area contributed by atoms with Gasteiger partial charge in [-0.05, 0) is 42.5 Å². The smallest absolute Gasteiger partial charge is 0.262 e. The van der Waals surface area contributed by atoms with E-state index in [1.165, 1.54) is 12.1 Å². The summed E-state index contributed by atoms with van der Waals surface area (Å²) in [6.45, 7) is 0.669. The number of methoxy groups -OCH3 is 1. The topological polar surface area (TPSA) is 56.8 Å². The zero-order valence-corrected chi connectivity index (χ0v) is 14.6. The van der Waals surface area contributed by atoms with E-state index in [4.69, 9.17) is 14.2 Å². The van der Waals surface area contributed by atoms with Crippen molar-refractivity contribution < 1.29 is 23.4 Å². The minimum atomic E-state index is -0.533. The second kappa shape index (κ2) is 9.24. The van der Waals surface area contributed by atoms with Crippen molar-refractivity contribution in [2.45, 2.75) is 0 Å². The Bertz CT molecular complexity index is 679. The fraction of sp³-hybridized carbons (Fsp3) is 0.235. The molecule has 0 spiro atoms. The first-order valence-electron chi connectivity index (χ1n) is 7.18. The van der Waals surface area contributed by atoms with Crippen LogP contribution in [0.3, 0.4) is 0 Å². The zero-order valence-electron chi connectivity index (χ0n) is 13.1. The van der Waals surface area contributed by atoms with E-state index < -0.39 is 5.82 Å². The minimum absolute atomic E-state index is 0.0234. The third-order valence-electron chi connectivity index (χ3n) is 2.95. The number of rotatable bonds is 8. The van der Waals surface area contributed by atoms with Gasteiger partial charge in [0.2, 0.25) is 0 Å². The average molecular weight is 398 g/mol. The van der Waals surface area contributed by atoms with E-state index in [9.17, 15) is 9.18 Å². The number of anilines is 1. The van der Waals surface area contributed by atoms with E-state index in [1.54, 1.807) is 37.4 Å². The second-order valence-electron chi connectivity index (χ2n) is 4.78. The Morgan fingerprint density at radius 2 is 1.88 bits per heavy atom. The first-order chi connectivity index (χ1) is 11.6. The molecular weight excluding hydrogens is 381 g/mol. The molecule has 0 aliphatic carbocycles. The summed E-state index contributed by atoms with van der Waals surface area (Å²) in [5, 5.41) is 2.66. The number of benzene rings is 2. The van der Waals surface area contributed by atoms with Gasteiger partial charge in [-0.1, -0.05) is 15.9 Å². The summed E-state index contributed by atoms with van der Waals surface area (Å²) in [7, 11) is 1.60. The minimum Gasteiger partial charge on any atom is -0.491 e. The molecule has 128 valence electrons. The number of carbonyl (C=O) groups excluding carboxylic acids is 1. The van der Waals surface area contributed by atoms with Crippen LogP contribution in [0.1, 0.15) is 0 Å². The fourth-order valence-corrected chi connectivity index (χ4v) is 2.14. The van der Waals surface area contributed by atoms with Crippen LogP contribution in [0.2, 0.25) is 0 Å². The Labute approximate surface area is 147 Å². The van der Waals surface area contributed by atoms with Crippen molar-refractivity contribution in [3.8, 4) is 11.5 Å². The highest BCUT2D eigenvalue weighted by molar-refractivity contribution is 9.10. The molecule has 1 N–H and O–H groups in total. The van der Waals surface area contributed by atoms with Gasteiger partial charge < -0.3 is 19.5 Å².